The fourth-order valence-corrected chi connectivity index (χ4v) is 1.72. The molecule has 0 aromatic carbocycles. The van der Waals surface area contributed by atoms with E-state index in [-0.39, 0.29) is 5.91 Å². The Morgan fingerprint density at radius 2 is 2.36 bits per heavy atom. The predicted octanol–water partition coefficient (Wildman–Crippen LogP) is 0.968. The first-order chi connectivity index (χ1) is 6.70. The summed E-state index contributed by atoms with van der Waals surface area (Å²) in [5.41, 5.74) is 1.33. The van der Waals surface area contributed by atoms with Crippen molar-refractivity contribution in [3.63, 3.8) is 0 Å². The lowest BCUT2D eigenvalue weighted by molar-refractivity contribution is -0.127. The second kappa shape index (κ2) is 5.78. The number of amides is 1. The van der Waals surface area contributed by atoms with E-state index in [0.717, 1.165) is 13.0 Å². The Bertz CT molecular complexity index is 270. The minimum Gasteiger partial charge on any atom is -0.348 e. The Labute approximate surface area is 88.7 Å². The molecule has 0 spiro atoms. The largest absolute Gasteiger partial charge is 0.348 e. The van der Waals surface area contributed by atoms with Gasteiger partial charge in [0.15, 0.2) is 0 Å². The molecule has 0 saturated heterocycles. The van der Waals surface area contributed by atoms with Gasteiger partial charge in [0.2, 0.25) is 5.91 Å². The number of rotatable bonds is 5. The van der Waals surface area contributed by atoms with Crippen LogP contribution in [-0.4, -0.2) is 38.0 Å². The van der Waals surface area contributed by atoms with E-state index in [9.17, 15) is 4.79 Å². The van der Waals surface area contributed by atoms with Gasteiger partial charge in [0.1, 0.15) is 0 Å². The number of thiophene rings is 1. The summed E-state index contributed by atoms with van der Waals surface area (Å²) in [6.45, 7) is 1.29. The number of hydrogen-bond donors (Lipinski definition) is 1. The molecule has 14 heavy (non-hydrogen) atoms. The van der Waals surface area contributed by atoms with Crippen molar-refractivity contribution in [2.45, 2.75) is 6.42 Å². The summed E-state index contributed by atoms with van der Waals surface area (Å²) in [7, 11) is 3.53. The van der Waals surface area contributed by atoms with E-state index in [1.54, 1.807) is 30.3 Å². The van der Waals surface area contributed by atoms with Crippen LogP contribution in [0.25, 0.3) is 0 Å². The van der Waals surface area contributed by atoms with Gasteiger partial charge in [-0.2, -0.15) is 11.3 Å². The molecule has 1 N–H and O–H groups in total. The number of nitrogens with zero attached hydrogens (tertiary/aromatic N) is 1. The third-order valence-corrected chi connectivity index (χ3v) is 2.68. The molecule has 0 bridgehead atoms. The summed E-state index contributed by atoms with van der Waals surface area (Å²) in [6, 6.07) is 2.11. The molecule has 3 nitrogen and oxygen atoms in total. The number of carbonyl (C=O) groups excluding carboxylic acids is 1. The standard InChI is InChI=1S/C10H16N2OS/c1-12(2)10(13)7-11-5-3-9-4-6-14-8-9/h4,6,8,11H,3,5,7H2,1-2H3. The quantitative estimate of drug-likeness (QED) is 0.738. The van der Waals surface area contributed by atoms with E-state index in [2.05, 4.69) is 22.1 Å². The first-order valence-electron chi connectivity index (χ1n) is 4.62. The van der Waals surface area contributed by atoms with Gasteiger partial charge in [0.05, 0.1) is 6.54 Å². The Morgan fingerprint density at radius 3 is 2.93 bits per heavy atom. The van der Waals surface area contributed by atoms with Crippen molar-refractivity contribution >= 4 is 17.2 Å². The van der Waals surface area contributed by atoms with Crippen LogP contribution in [0.2, 0.25) is 0 Å². The smallest absolute Gasteiger partial charge is 0.236 e. The van der Waals surface area contributed by atoms with Gasteiger partial charge in [-0.3, -0.25) is 4.79 Å². The van der Waals surface area contributed by atoms with Gasteiger partial charge in [0.25, 0.3) is 0 Å². The summed E-state index contributed by atoms with van der Waals surface area (Å²) in [4.78, 5) is 12.8. The minimum absolute atomic E-state index is 0.121. The maximum atomic E-state index is 11.2. The molecule has 0 radical (unpaired) electrons. The average Bonchev–Trinajstić information content (AvgIpc) is 2.64. The van der Waals surface area contributed by atoms with Crippen LogP contribution in [0.4, 0.5) is 0 Å². The Hall–Kier alpha value is -0.870. The van der Waals surface area contributed by atoms with E-state index in [4.69, 9.17) is 0 Å². The molecule has 0 aliphatic heterocycles. The Morgan fingerprint density at radius 1 is 1.57 bits per heavy atom. The van der Waals surface area contributed by atoms with E-state index < -0.39 is 0 Å². The van der Waals surface area contributed by atoms with Gasteiger partial charge in [-0.25, -0.2) is 0 Å². The molecule has 1 aromatic rings. The number of likely N-dealkylation sites (N-methyl/N-ethyl adjacent to an activating group) is 1. The average molecular weight is 212 g/mol. The molecule has 0 aliphatic rings. The van der Waals surface area contributed by atoms with Gasteiger partial charge in [-0.05, 0) is 35.4 Å². The highest BCUT2D eigenvalue weighted by molar-refractivity contribution is 7.07. The minimum atomic E-state index is 0.121. The molecule has 0 saturated carbocycles. The molecule has 4 heteroatoms. The Kier molecular flexibility index (Phi) is 4.62. The maximum absolute atomic E-state index is 11.2. The van der Waals surface area contributed by atoms with Crippen LogP contribution in [0.5, 0.6) is 0 Å². The zero-order chi connectivity index (χ0) is 10.4. The van der Waals surface area contributed by atoms with Crippen LogP contribution < -0.4 is 5.32 Å². The summed E-state index contributed by atoms with van der Waals surface area (Å²) in [6.07, 6.45) is 0.990. The van der Waals surface area contributed by atoms with E-state index >= 15 is 0 Å². The molecule has 0 fully saturated rings. The zero-order valence-electron chi connectivity index (χ0n) is 8.62. The molecule has 0 atom stereocenters. The van der Waals surface area contributed by atoms with Crippen LogP contribution in [0, 0.1) is 0 Å². The van der Waals surface area contributed by atoms with Crippen molar-refractivity contribution in [3.8, 4) is 0 Å². The van der Waals surface area contributed by atoms with Gasteiger partial charge in [0, 0.05) is 14.1 Å². The highest BCUT2D eigenvalue weighted by Gasteiger charge is 2.01. The lowest BCUT2D eigenvalue weighted by Gasteiger charge is -2.10. The maximum Gasteiger partial charge on any atom is 0.236 e. The first kappa shape index (κ1) is 11.2. The molecule has 78 valence electrons. The second-order valence-corrected chi connectivity index (χ2v) is 4.13. The number of hydrogen-bond acceptors (Lipinski definition) is 3. The zero-order valence-corrected chi connectivity index (χ0v) is 9.43. The molecule has 1 rings (SSSR count). The first-order valence-corrected chi connectivity index (χ1v) is 5.56. The summed E-state index contributed by atoms with van der Waals surface area (Å²) in [5.74, 6) is 0.121. The molecule has 1 aromatic heterocycles. The van der Waals surface area contributed by atoms with Gasteiger partial charge in [-0.15, -0.1) is 0 Å². The monoisotopic (exact) mass is 212 g/mol. The number of carbonyl (C=O) groups is 1. The molecule has 0 unspecified atom stereocenters. The second-order valence-electron chi connectivity index (χ2n) is 3.35. The fraction of sp³-hybridized carbons (Fsp3) is 0.500. The van der Waals surface area contributed by atoms with Gasteiger partial charge < -0.3 is 10.2 Å². The van der Waals surface area contributed by atoms with Crippen LogP contribution in [-0.2, 0) is 11.2 Å². The van der Waals surface area contributed by atoms with Crippen molar-refractivity contribution in [1.29, 1.82) is 0 Å². The van der Waals surface area contributed by atoms with Crippen molar-refractivity contribution < 1.29 is 4.79 Å². The summed E-state index contributed by atoms with van der Waals surface area (Å²) >= 11 is 1.71. The van der Waals surface area contributed by atoms with E-state index in [1.807, 2.05) is 0 Å². The van der Waals surface area contributed by atoms with Crippen molar-refractivity contribution in [2.24, 2.45) is 0 Å². The molecular formula is C10H16N2OS. The highest BCUT2D eigenvalue weighted by Crippen LogP contribution is 2.05. The van der Waals surface area contributed by atoms with E-state index in [1.165, 1.54) is 5.56 Å². The van der Waals surface area contributed by atoms with Crippen LogP contribution >= 0.6 is 11.3 Å². The lowest BCUT2D eigenvalue weighted by atomic mass is 10.2. The molecule has 0 aliphatic carbocycles. The predicted molar refractivity (Wildman–Crippen MR) is 59.6 cm³/mol. The molecule has 1 amide bonds. The lowest BCUT2D eigenvalue weighted by Crippen LogP contribution is -2.33. The van der Waals surface area contributed by atoms with Gasteiger partial charge in [-0.1, -0.05) is 0 Å². The summed E-state index contributed by atoms with van der Waals surface area (Å²) in [5, 5.41) is 7.32. The SMILES string of the molecule is CN(C)C(=O)CNCCc1ccsc1. The fourth-order valence-electron chi connectivity index (χ4n) is 1.02. The van der Waals surface area contributed by atoms with Crippen molar-refractivity contribution in [2.75, 3.05) is 27.2 Å². The number of nitrogens with one attached hydrogen (secondary N) is 1. The summed E-state index contributed by atoms with van der Waals surface area (Å²) < 4.78 is 0. The van der Waals surface area contributed by atoms with Crippen LogP contribution in [0.3, 0.4) is 0 Å². The Balaban J connectivity index is 2.08. The van der Waals surface area contributed by atoms with Crippen molar-refractivity contribution in [3.05, 3.63) is 22.4 Å². The normalized spacial score (nSPS) is 10.1. The third kappa shape index (κ3) is 3.89. The van der Waals surface area contributed by atoms with Gasteiger partial charge >= 0.3 is 0 Å². The van der Waals surface area contributed by atoms with Crippen LogP contribution in [0.1, 0.15) is 5.56 Å². The van der Waals surface area contributed by atoms with Crippen LogP contribution in [0.15, 0.2) is 16.8 Å². The van der Waals surface area contributed by atoms with E-state index in [0.29, 0.717) is 6.54 Å². The topological polar surface area (TPSA) is 32.3 Å². The van der Waals surface area contributed by atoms with Crippen molar-refractivity contribution in [1.82, 2.24) is 10.2 Å². The molecular weight excluding hydrogens is 196 g/mol. The molecule has 1 heterocycles. The third-order valence-electron chi connectivity index (χ3n) is 1.95. The highest BCUT2D eigenvalue weighted by atomic mass is 32.1.